The van der Waals surface area contributed by atoms with Gasteiger partial charge in [-0.25, -0.2) is 0 Å². The molecular formula is C15H17N3. The Hall–Kier alpha value is -2.03. The molecule has 92 valence electrons. The number of rotatable bonds is 2. The Labute approximate surface area is 107 Å². The molecule has 1 aliphatic rings. The molecule has 0 atom stereocenters. The van der Waals surface area contributed by atoms with Crippen LogP contribution in [0, 0.1) is 0 Å². The average molecular weight is 239 g/mol. The van der Waals surface area contributed by atoms with Gasteiger partial charge in [-0.3, -0.25) is 4.99 Å². The first kappa shape index (κ1) is 11.1. The van der Waals surface area contributed by atoms with E-state index < -0.39 is 0 Å². The zero-order valence-electron chi connectivity index (χ0n) is 10.5. The van der Waals surface area contributed by atoms with Gasteiger partial charge in [0.1, 0.15) is 0 Å². The number of anilines is 1. The van der Waals surface area contributed by atoms with Crippen LogP contribution in [0.2, 0.25) is 0 Å². The number of guanidine groups is 1. The van der Waals surface area contributed by atoms with E-state index in [4.69, 9.17) is 0 Å². The maximum atomic E-state index is 4.41. The molecule has 0 aromatic heterocycles. The number of hydrogen-bond donors (Lipinski definition) is 2. The van der Waals surface area contributed by atoms with E-state index in [-0.39, 0.29) is 0 Å². The van der Waals surface area contributed by atoms with Crippen molar-refractivity contribution in [3.05, 3.63) is 42.0 Å². The molecule has 0 amide bonds. The molecule has 3 rings (SSSR count). The molecule has 0 saturated heterocycles. The summed E-state index contributed by atoms with van der Waals surface area (Å²) in [4.78, 5) is 4.41. The summed E-state index contributed by atoms with van der Waals surface area (Å²) in [5.41, 5.74) is 2.51. The molecule has 2 aromatic rings. The number of nitrogens with one attached hydrogen (secondary N) is 2. The molecule has 3 heteroatoms. The lowest BCUT2D eigenvalue weighted by atomic mass is 10.0. The van der Waals surface area contributed by atoms with Crippen molar-refractivity contribution in [1.82, 2.24) is 5.32 Å². The summed E-state index contributed by atoms with van der Waals surface area (Å²) in [6, 6.07) is 12.8. The van der Waals surface area contributed by atoms with Crippen molar-refractivity contribution in [1.29, 1.82) is 0 Å². The SMILES string of the molecule is CCc1ccc2ccccc2c1NC1=NCCN1. The van der Waals surface area contributed by atoms with Crippen LogP contribution in [0.4, 0.5) is 5.69 Å². The van der Waals surface area contributed by atoms with Gasteiger partial charge in [0.15, 0.2) is 5.96 Å². The van der Waals surface area contributed by atoms with E-state index in [0.29, 0.717) is 0 Å². The van der Waals surface area contributed by atoms with Gasteiger partial charge in [-0.2, -0.15) is 0 Å². The Bertz CT molecular complexity index is 602. The second-order valence-electron chi connectivity index (χ2n) is 4.46. The molecule has 1 aliphatic heterocycles. The smallest absolute Gasteiger partial charge is 0.195 e. The summed E-state index contributed by atoms with van der Waals surface area (Å²) >= 11 is 0. The minimum atomic E-state index is 0.856. The van der Waals surface area contributed by atoms with Gasteiger partial charge in [-0.1, -0.05) is 43.3 Å². The first-order chi connectivity index (χ1) is 8.88. The fourth-order valence-corrected chi connectivity index (χ4v) is 2.36. The van der Waals surface area contributed by atoms with E-state index in [1.807, 2.05) is 0 Å². The van der Waals surface area contributed by atoms with E-state index >= 15 is 0 Å². The zero-order chi connectivity index (χ0) is 12.4. The van der Waals surface area contributed by atoms with E-state index in [1.165, 1.54) is 22.0 Å². The van der Waals surface area contributed by atoms with Crippen molar-refractivity contribution in [2.75, 3.05) is 18.4 Å². The van der Waals surface area contributed by atoms with Gasteiger partial charge in [0.05, 0.1) is 12.2 Å². The van der Waals surface area contributed by atoms with E-state index in [2.05, 4.69) is 58.9 Å². The lowest BCUT2D eigenvalue weighted by molar-refractivity contribution is 0.959. The Morgan fingerprint density at radius 1 is 1.22 bits per heavy atom. The lowest BCUT2D eigenvalue weighted by Crippen LogP contribution is -2.26. The van der Waals surface area contributed by atoms with Crippen LogP contribution >= 0.6 is 0 Å². The molecule has 3 nitrogen and oxygen atoms in total. The Balaban J connectivity index is 2.11. The Kier molecular flexibility index (Phi) is 2.89. The van der Waals surface area contributed by atoms with Crippen molar-refractivity contribution in [2.45, 2.75) is 13.3 Å². The van der Waals surface area contributed by atoms with Crippen LogP contribution in [0.15, 0.2) is 41.4 Å². The summed E-state index contributed by atoms with van der Waals surface area (Å²) in [5, 5.41) is 9.22. The molecule has 0 spiro atoms. The summed E-state index contributed by atoms with van der Waals surface area (Å²) in [7, 11) is 0. The van der Waals surface area contributed by atoms with Gasteiger partial charge in [-0.05, 0) is 17.4 Å². The Morgan fingerprint density at radius 2 is 2.11 bits per heavy atom. The molecule has 0 saturated carbocycles. The summed E-state index contributed by atoms with van der Waals surface area (Å²) in [6.45, 7) is 3.96. The van der Waals surface area contributed by atoms with Crippen LogP contribution in [-0.4, -0.2) is 19.0 Å². The maximum Gasteiger partial charge on any atom is 0.195 e. The first-order valence-corrected chi connectivity index (χ1v) is 6.44. The van der Waals surface area contributed by atoms with Gasteiger partial charge in [0, 0.05) is 11.9 Å². The summed E-state index contributed by atoms with van der Waals surface area (Å²) < 4.78 is 0. The van der Waals surface area contributed by atoms with Gasteiger partial charge in [0.25, 0.3) is 0 Å². The second-order valence-corrected chi connectivity index (χ2v) is 4.46. The zero-order valence-corrected chi connectivity index (χ0v) is 10.5. The third-order valence-corrected chi connectivity index (χ3v) is 3.31. The molecule has 1 heterocycles. The van der Waals surface area contributed by atoms with E-state index in [1.54, 1.807) is 0 Å². The fraction of sp³-hybridized carbons (Fsp3) is 0.267. The number of benzene rings is 2. The number of aryl methyl sites for hydroxylation is 1. The number of nitrogens with zero attached hydrogens (tertiary/aromatic N) is 1. The van der Waals surface area contributed by atoms with Crippen LogP contribution in [0.5, 0.6) is 0 Å². The highest BCUT2D eigenvalue weighted by Gasteiger charge is 2.10. The molecule has 0 radical (unpaired) electrons. The normalized spacial score (nSPS) is 14.4. The minimum Gasteiger partial charge on any atom is -0.354 e. The van der Waals surface area contributed by atoms with Crippen LogP contribution < -0.4 is 10.6 Å². The van der Waals surface area contributed by atoms with Crippen LogP contribution in [0.3, 0.4) is 0 Å². The van der Waals surface area contributed by atoms with Crippen LogP contribution in [0.1, 0.15) is 12.5 Å². The monoisotopic (exact) mass is 239 g/mol. The number of hydrogen-bond acceptors (Lipinski definition) is 3. The molecular weight excluding hydrogens is 222 g/mol. The highest BCUT2D eigenvalue weighted by Crippen LogP contribution is 2.28. The standard InChI is InChI=1S/C15H17N3/c1-2-11-7-8-12-5-3-4-6-13(12)14(11)18-15-16-9-10-17-15/h3-8H,2,9-10H2,1H3,(H2,16,17,18). The van der Waals surface area contributed by atoms with Gasteiger partial charge in [-0.15, -0.1) is 0 Å². The number of aliphatic imine (C=N–C) groups is 1. The van der Waals surface area contributed by atoms with Gasteiger partial charge >= 0.3 is 0 Å². The molecule has 0 aliphatic carbocycles. The van der Waals surface area contributed by atoms with Crippen LogP contribution in [-0.2, 0) is 6.42 Å². The predicted octanol–water partition coefficient (Wildman–Crippen LogP) is 2.77. The molecule has 2 N–H and O–H groups in total. The van der Waals surface area contributed by atoms with Crippen molar-refractivity contribution in [3.8, 4) is 0 Å². The van der Waals surface area contributed by atoms with E-state index in [9.17, 15) is 0 Å². The van der Waals surface area contributed by atoms with Crippen LogP contribution in [0.25, 0.3) is 10.8 Å². The summed E-state index contributed by atoms with van der Waals surface area (Å²) in [6.07, 6.45) is 1.01. The average Bonchev–Trinajstić information content (AvgIpc) is 2.92. The molecule has 0 bridgehead atoms. The maximum absolute atomic E-state index is 4.41. The second kappa shape index (κ2) is 4.69. The highest BCUT2D eigenvalue weighted by molar-refractivity contribution is 6.05. The molecule has 0 unspecified atom stereocenters. The predicted molar refractivity (Wildman–Crippen MR) is 77.3 cm³/mol. The summed E-state index contributed by atoms with van der Waals surface area (Å²) in [5.74, 6) is 0.890. The molecule has 18 heavy (non-hydrogen) atoms. The van der Waals surface area contributed by atoms with Crippen molar-refractivity contribution in [3.63, 3.8) is 0 Å². The minimum absolute atomic E-state index is 0.856. The van der Waals surface area contributed by atoms with Gasteiger partial charge in [0.2, 0.25) is 0 Å². The molecule has 0 fully saturated rings. The fourth-order valence-electron chi connectivity index (χ4n) is 2.36. The largest absolute Gasteiger partial charge is 0.354 e. The quantitative estimate of drug-likeness (QED) is 0.845. The highest BCUT2D eigenvalue weighted by atomic mass is 15.2. The third-order valence-electron chi connectivity index (χ3n) is 3.31. The topological polar surface area (TPSA) is 36.4 Å². The lowest BCUT2D eigenvalue weighted by Gasteiger charge is -2.14. The third kappa shape index (κ3) is 1.92. The van der Waals surface area contributed by atoms with E-state index in [0.717, 1.165) is 25.5 Å². The van der Waals surface area contributed by atoms with Crippen molar-refractivity contribution >= 4 is 22.4 Å². The van der Waals surface area contributed by atoms with Crippen molar-refractivity contribution in [2.24, 2.45) is 4.99 Å². The molecule has 2 aromatic carbocycles. The first-order valence-electron chi connectivity index (χ1n) is 6.44. The Morgan fingerprint density at radius 3 is 2.89 bits per heavy atom. The van der Waals surface area contributed by atoms with Gasteiger partial charge < -0.3 is 10.6 Å². The number of fused-ring (bicyclic) bond motifs is 1. The van der Waals surface area contributed by atoms with Crippen molar-refractivity contribution < 1.29 is 0 Å².